The van der Waals surface area contributed by atoms with Crippen molar-refractivity contribution in [3.63, 3.8) is 0 Å². The summed E-state index contributed by atoms with van der Waals surface area (Å²) in [6.45, 7) is 0.419. The molecule has 0 aliphatic rings. The largest absolute Gasteiger partial charge is 0.398 e. The Morgan fingerprint density at radius 2 is 2.33 bits per heavy atom. The van der Waals surface area contributed by atoms with Gasteiger partial charge in [-0.05, 0) is 34.1 Å². The monoisotopic (exact) mass is 272 g/mol. The Morgan fingerprint density at radius 1 is 1.60 bits per heavy atom. The van der Waals surface area contributed by atoms with E-state index in [9.17, 15) is 4.79 Å². The summed E-state index contributed by atoms with van der Waals surface area (Å²) in [6.07, 6.45) is 0.346. The van der Waals surface area contributed by atoms with E-state index < -0.39 is 0 Å². The van der Waals surface area contributed by atoms with Crippen molar-refractivity contribution in [1.29, 1.82) is 0 Å². The van der Waals surface area contributed by atoms with Crippen LogP contribution in [0, 0.1) is 0 Å². The third-order valence-electron chi connectivity index (χ3n) is 1.82. The van der Waals surface area contributed by atoms with Gasteiger partial charge in [-0.1, -0.05) is 0 Å². The number of rotatable bonds is 4. The third kappa shape index (κ3) is 3.89. The Hall–Kier alpha value is -1.07. The summed E-state index contributed by atoms with van der Waals surface area (Å²) < 4.78 is 5.57. The smallest absolute Gasteiger partial charge is 0.226 e. The fourth-order valence-corrected chi connectivity index (χ4v) is 1.40. The maximum Gasteiger partial charge on any atom is 0.226 e. The Labute approximate surface area is 96.9 Å². The van der Waals surface area contributed by atoms with E-state index in [4.69, 9.17) is 10.5 Å². The Balaban J connectivity index is 2.57. The minimum absolute atomic E-state index is 0.0754. The molecule has 0 aliphatic heterocycles. The molecule has 0 radical (unpaired) electrons. The van der Waals surface area contributed by atoms with Gasteiger partial charge < -0.3 is 15.8 Å². The van der Waals surface area contributed by atoms with Gasteiger partial charge in [0.05, 0.1) is 13.0 Å². The highest BCUT2D eigenvalue weighted by Gasteiger charge is 2.03. The third-order valence-corrected chi connectivity index (χ3v) is 2.50. The molecule has 0 aliphatic carbocycles. The lowest BCUT2D eigenvalue weighted by molar-refractivity contribution is -0.117. The molecule has 1 amide bonds. The van der Waals surface area contributed by atoms with Crippen molar-refractivity contribution in [2.24, 2.45) is 0 Å². The summed E-state index contributed by atoms with van der Waals surface area (Å²) in [6, 6.07) is 5.25. The second-order valence-electron chi connectivity index (χ2n) is 3.03. The first kappa shape index (κ1) is 12.0. The maximum atomic E-state index is 11.3. The molecule has 0 saturated heterocycles. The van der Waals surface area contributed by atoms with Crippen molar-refractivity contribution in [2.45, 2.75) is 6.42 Å². The number of amides is 1. The summed E-state index contributed by atoms with van der Waals surface area (Å²) in [7, 11) is 1.56. The number of nitrogens with two attached hydrogens (primary N) is 1. The number of nitrogens with one attached hydrogen (secondary N) is 1. The molecule has 4 nitrogen and oxygen atoms in total. The summed E-state index contributed by atoms with van der Waals surface area (Å²) in [5.74, 6) is -0.0754. The lowest BCUT2D eigenvalue weighted by Gasteiger charge is -2.06. The minimum Gasteiger partial charge on any atom is -0.398 e. The molecule has 5 heteroatoms. The van der Waals surface area contributed by atoms with Crippen molar-refractivity contribution in [3.8, 4) is 0 Å². The fourth-order valence-electron chi connectivity index (χ4n) is 1.02. The van der Waals surface area contributed by atoms with E-state index in [2.05, 4.69) is 21.2 Å². The highest BCUT2D eigenvalue weighted by molar-refractivity contribution is 9.10. The second kappa shape index (κ2) is 5.72. The van der Waals surface area contributed by atoms with Crippen molar-refractivity contribution in [1.82, 2.24) is 0 Å². The zero-order chi connectivity index (χ0) is 11.3. The van der Waals surface area contributed by atoms with Crippen LogP contribution >= 0.6 is 15.9 Å². The van der Waals surface area contributed by atoms with E-state index in [0.29, 0.717) is 18.7 Å². The highest BCUT2D eigenvalue weighted by Crippen LogP contribution is 2.23. The quantitative estimate of drug-likeness (QED) is 0.825. The summed E-state index contributed by atoms with van der Waals surface area (Å²) in [5.41, 5.74) is 6.98. The first-order valence-electron chi connectivity index (χ1n) is 4.47. The molecule has 0 aromatic heterocycles. The van der Waals surface area contributed by atoms with Crippen molar-refractivity contribution in [3.05, 3.63) is 22.7 Å². The van der Waals surface area contributed by atoms with E-state index in [0.717, 1.165) is 10.2 Å². The molecule has 0 spiro atoms. The Kier molecular flexibility index (Phi) is 4.58. The molecular weight excluding hydrogens is 260 g/mol. The van der Waals surface area contributed by atoms with Crippen LogP contribution in [0.1, 0.15) is 6.42 Å². The molecule has 0 atom stereocenters. The van der Waals surface area contributed by atoms with Crippen LogP contribution in [0.4, 0.5) is 11.4 Å². The number of carbonyl (C=O) groups is 1. The molecular formula is C10H13BrN2O2. The Bertz CT molecular complexity index is 355. The fraction of sp³-hybridized carbons (Fsp3) is 0.300. The molecule has 1 aromatic rings. The van der Waals surface area contributed by atoms with Gasteiger partial charge in [-0.3, -0.25) is 4.79 Å². The van der Waals surface area contributed by atoms with Crippen LogP contribution in [0.15, 0.2) is 22.7 Å². The average molecular weight is 273 g/mol. The molecule has 0 bridgehead atoms. The summed E-state index contributed by atoms with van der Waals surface area (Å²) in [5, 5.41) is 2.74. The predicted molar refractivity (Wildman–Crippen MR) is 63.7 cm³/mol. The van der Waals surface area contributed by atoms with Crippen LogP contribution in [0.25, 0.3) is 0 Å². The van der Waals surface area contributed by atoms with Gasteiger partial charge in [0.1, 0.15) is 0 Å². The van der Waals surface area contributed by atoms with Crippen LogP contribution < -0.4 is 11.1 Å². The van der Waals surface area contributed by atoms with Gasteiger partial charge in [0.25, 0.3) is 0 Å². The SMILES string of the molecule is COCCC(=O)Nc1ccc(N)c(Br)c1. The van der Waals surface area contributed by atoms with Gasteiger partial charge in [0, 0.05) is 23.0 Å². The molecule has 1 rings (SSSR count). The number of carbonyl (C=O) groups excluding carboxylic acids is 1. The molecule has 0 fully saturated rings. The Morgan fingerprint density at radius 3 is 2.93 bits per heavy atom. The molecule has 0 heterocycles. The van der Waals surface area contributed by atoms with Crippen LogP contribution in [-0.4, -0.2) is 19.6 Å². The molecule has 1 aromatic carbocycles. The molecule has 0 saturated carbocycles. The van der Waals surface area contributed by atoms with E-state index in [1.54, 1.807) is 25.3 Å². The molecule has 0 unspecified atom stereocenters. The van der Waals surface area contributed by atoms with Crippen LogP contribution in [0.5, 0.6) is 0 Å². The van der Waals surface area contributed by atoms with Gasteiger partial charge in [0.15, 0.2) is 0 Å². The molecule has 82 valence electrons. The van der Waals surface area contributed by atoms with Crippen LogP contribution in [-0.2, 0) is 9.53 Å². The zero-order valence-corrected chi connectivity index (χ0v) is 10.0. The van der Waals surface area contributed by atoms with E-state index in [-0.39, 0.29) is 5.91 Å². The standard InChI is InChI=1S/C10H13BrN2O2/c1-15-5-4-10(14)13-7-2-3-9(12)8(11)6-7/h2-3,6H,4-5,12H2,1H3,(H,13,14). The number of nitrogen functional groups attached to an aromatic ring is 1. The number of methoxy groups -OCH3 is 1. The van der Waals surface area contributed by atoms with Crippen LogP contribution in [0.3, 0.4) is 0 Å². The summed E-state index contributed by atoms with van der Waals surface area (Å²) in [4.78, 5) is 11.3. The number of halogens is 1. The lowest BCUT2D eigenvalue weighted by Crippen LogP contribution is -2.13. The number of hydrogen-bond donors (Lipinski definition) is 2. The topological polar surface area (TPSA) is 64.3 Å². The van der Waals surface area contributed by atoms with E-state index in [1.807, 2.05) is 0 Å². The van der Waals surface area contributed by atoms with Gasteiger partial charge in [-0.2, -0.15) is 0 Å². The highest BCUT2D eigenvalue weighted by atomic mass is 79.9. The molecule has 3 N–H and O–H groups in total. The number of anilines is 2. The first-order chi connectivity index (χ1) is 7.13. The normalized spacial score (nSPS) is 10.0. The van der Waals surface area contributed by atoms with Crippen molar-refractivity contribution in [2.75, 3.05) is 24.8 Å². The number of ether oxygens (including phenoxy) is 1. The van der Waals surface area contributed by atoms with Gasteiger partial charge in [-0.15, -0.1) is 0 Å². The lowest BCUT2D eigenvalue weighted by atomic mass is 10.3. The first-order valence-corrected chi connectivity index (χ1v) is 5.26. The van der Waals surface area contributed by atoms with E-state index in [1.165, 1.54) is 0 Å². The van der Waals surface area contributed by atoms with Gasteiger partial charge in [-0.25, -0.2) is 0 Å². The van der Waals surface area contributed by atoms with Crippen molar-refractivity contribution >= 4 is 33.2 Å². The van der Waals surface area contributed by atoms with Gasteiger partial charge in [0.2, 0.25) is 5.91 Å². The van der Waals surface area contributed by atoms with Crippen molar-refractivity contribution < 1.29 is 9.53 Å². The zero-order valence-electron chi connectivity index (χ0n) is 8.42. The maximum absolute atomic E-state index is 11.3. The summed E-state index contributed by atoms with van der Waals surface area (Å²) >= 11 is 3.29. The van der Waals surface area contributed by atoms with Crippen LogP contribution in [0.2, 0.25) is 0 Å². The van der Waals surface area contributed by atoms with E-state index >= 15 is 0 Å². The molecule has 15 heavy (non-hydrogen) atoms. The number of hydrogen-bond acceptors (Lipinski definition) is 3. The number of benzene rings is 1. The predicted octanol–water partition coefficient (Wildman–Crippen LogP) is 2.01. The minimum atomic E-state index is -0.0754. The average Bonchev–Trinajstić information content (AvgIpc) is 2.20. The second-order valence-corrected chi connectivity index (χ2v) is 3.88. The van der Waals surface area contributed by atoms with Gasteiger partial charge >= 0.3 is 0 Å².